The van der Waals surface area contributed by atoms with Crippen molar-refractivity contribution in [2.75, 3.05) is 20.1 Å². The lowest BCUT2D eigenvalue weighted by atomic mass is 10.1. The molecule has 0 aliphatic heterocycles. The Labute approximate surface area is 202 Å². The van der Waals surface area contributed by atoms with Crippen molar-refractivity contribution in [2.45, 2.75) is 26.5 Å². The third kappa shape index (κ3) is 9.26. The summed E-state index contributed by atoms with van der Waals surface area (Å²) < 4.78 is 29.8. The van der Waals surface area contributed by atoms with Crippen molar-refractivity contribution in [3.05, 3.63) is 64.2 Å². The summed E-state index contributed by atoms with van der Waals surface area (Å²) in [5.74, 6) is 0.436. The Morgan fingerprint density at radius 2 is 1.97 bits per heavy atom. The number of ether oxygens (including phenoxy) is 1. The van der Waals surface area contributed by atoms with E-state index in [-0.39, 0.29) is 42.2 Å². The number of aliphatic imine (C=N–C) groups is 1. The predicted molar refractivity (Wildman–Crippen MR) is 130 cm³/mol. The van der Waals surface area contributed by atoms with E-state index >= 15 is 0 Å². The van der Waals surface area contributed by atoms with E-state index < -0.39 is 6.61 Å². The van der Waals surface area contributed by atoms with E-state index in [0.717, 1.165) is 5.56 Å². The fourth-order valence-electron chi connectivity index (χ4n) is 2.73. The Kier molecular flexibility index (Phi) is 12.2. The first-order valence-electron chi connectivity index (χ1n) is 9.49. The van der Waals surface area contributed by atoms with Crippen LogP contribution in [0.5, 0.6) is 5.75 Å². The molecular weight excluding hydrogens is 541 g/mol. The van der Waals surface area contributed by atoms with Gasteiger partial charge in [-0.2, -0.15) is 8.78 Å². The maximum Gasteiger partial charge on any atom is 0.387 e. The van der Waals surface area contributed by atoms with Gasteiger partial charge in [-0.25, -0.2) is 4.99 Å². The number of carbonyl (C=O) groups excluding carboxylic acids is 1. The molecule has 31 heavy (non-hydrogen) atoms. The molecule has 0 aromatic heterocycles. The van der Waals surface area contributed by atoms with Crippen molar-refractivity contribution in [3.63, 3.8) is 0 Å². The zero-order chi connectivity index (χ0) is 21.9. The highest BCUT2D eigenvalue weighted by atomic mass is 127. The number of nitrogens with one attached hydrogen (secondary N) is 3. The van der Waals surface area contributed by atoms with Gasteiger partial charge >= 0.3 is 6.61 Å². The van der Waals surface area contributed by atoms with Gasteiger partial charge in [0.05, 0.1) is 6.54 Å². The maximum absolute atomic E-state index is 12.6. The topological polar surface area (TPSA) is 74.8 Å². The molecule has 1 amide bonds. The smallest absolute Gasteiger partial charge is 0.387 e. The molecule has 0 saturated heterocycles. The van der Waals surface area contributed by atoms with E-state index in [1.165, 1.54) is 12.1 Å². The average molecular weight is 567 g/mol. The van der Waals surface area contributed by atoms with Crippen LogP contribution < -0.4 is 20.7 Å². The van der Waals surface area contributed by atoms with E-state index in [0.29, 0.717) is 41.6 Å². The van der Waals surface area contributed by atoms with Crippen molar-refractivity contribution in [3.8, 4) is 5.75 Å². The van der Waals surface area contributed by atoms with Crippen LogP contribution in [0.3, 0.4) is 0 Å². The minimum absolute atomic E-state index is 0. The number of benzene rings is 2. The normalized spacial score (nSPS) is 11.0. The molecule has 0 atom stereocenters. The van der Waals surface area contributed by atoms with Gasteiger partial charge in [0.25, 0.3) is 5.91 Å². The Hall–Kier alpha value is -2.14. The van der Waals surface area contributed by atoms with Crippen LogP contribution >= 0.6 is 35.6 Å². The van der Waals surface area contributed by atoms with Gasteiger partial charge in [0.2, 0.25) is 0 Å². The standard InChI is InChI=1S/C21H25ClF2N4O2.HI/c1-3-26-21(27-10-9-14-5-4-6-15(11-14)19(29)25-2)28-13-16-12-17(22)7-8-18(16)30-20(23)24;/h4-8,11-12,20H,3,9-10,13H2,1-2H3,(H,25,29)(H2,26,27,28);1H. The zero-order valence-corrected chi connectivity index (χ0v) is 20.3. The second-order valence-electron chi connectivity index (χ2n) is 6.28. The molecule has 2 aromatic rings. The second-order valence-corrected chi connectivity index (χ2v) is 6.72. The number of hydrogen-bond acceptors (Lipinski definition) is 3. The van der Waals surface area contributed by atoms with Crippen LogP contribution in [0.2, 0.25) is 5.02 Å². The van der Waals surface area contributed by atoms with Gasteiger partial charge in [-0.15, -0.1) is 24.0 Å². The van der Waals surface area contributed by atoms with E-state index in [1.807, 2.05) is 25.1 Å². The minimum Gasteiger partial charge on any atom is -0.434 e. The van der Waals surface area contributed by atoms with E-state index in [9.17, 15) is 13.6 Å². The molecule has 0 heterocycles. The number of guanidine groups is 1. The molecule has 0 radical (unpaired) electrons. The van der Waals surface area contributed by atoms with Crippen LogP contribution in [-0.4, -0.2) is 38.6 Å². The van der Waals surface area contributed by atoms with Crippen molar-refractivity contribution in [2.24, 2.45) is 4.99 Å². The number of alkyl halides is 2. The summed E-state index contributed by atoms with van der Waals surface area (Å²) in [6.45, 7) is 0.317. The number of carbonyl (C=O) groups is 1. The van der Waals surface area contributed by atoms with Crippen LogP contribution in [0.4, 0.5) is 8.78 Å². The van der Waals surface area contributed by atoms with Gasteiger partial charge in [0.1, 0.15) is 5.75 Å². The Morgan fingerprint density at radius 3 is 2.65 bits per heavy atom. The highest BCUT2D eigenvalue weighted by Crippen LogP contribution is 2.25. The van der Waals surface area contributed by atoms with Gasteiger partial charge in [-0.05, 0) is 49.2 Å². The fourth-order valence-corrected chi connectivity index (χ4v) is 2.92. The molecule has 2 aromatic carbocycles. The van der Waals surface area contributed by atoms with E-state index in [4.69, 9.17) is 11.6 Å². The van der Waals surface area contributed by atoms with Gasteiger partial charge < -0.3 is 20.7 Å². The fraction of sp³-hybridized carbons (Fsp3) is 0.333. The second kappa shape index (κ2) is 14.0. The monoisotopic (exact) mass is 566 g/mol. The number of nitrogens with zero attached hydrogens (tertiary/aromatic N) is 1. The van der Waals surface area contributed by atoms with Gasteiger partial charge in [-0.3, -0.25) is 4.79 Å². The summed E-state index contributed by atoms with van der Waals surface area (Å²) in [6.07, 6.45) is 0.673. The van der Waals surface area contributed by atoms with E-state index in [2.05, 4.69) is 25.7 Å². The highest BCUT2D eigenvalue weighted by Gasteiger charge is 2.10. The van der Waals surface area contributed by atoms with Crippen LogP contribution in [0.25, 0.3) is 0 Å². The van der Waals surface area contributed by atoms with Gasteiger partial charge in [0, 0.05) is 36.3 Å². The summed E-state index contributed by atoms with van der Waals surface area (Å²) in [6, 6.07) is 11.8. The maximum atomic E-state index is 12.6. The van der Waals surface area contributed by atoms with Crippen molar-refractivity contribution in [1.29, 1.82) is 0 Å². The summed E-state index contributed by atoms with van der Waals surface area (Å²) in [5, 5.41) is 9.31. The number of amides is 1. The quantitative estimate of drug-likeness (QED) is 0.242. The molecule has 3 N–H and O–H groups in total. The Balaban J connectivity index is 0.00000480. The molecule has 6 nitrogen and oxygen atoms in total. The first-order valence-corrected chi connectivity index (χ1v) is 9.87. The first kappa shape index (κ1) is 26.9. The van der Waals surface area contributed by atoms with Crippen LogP contribution in [0, 0.1) is 0 Å². The van der Waals surface area contributed by atoms with E-state index in [1.54, 1.807) is 19.2 Å². The van der Waals surface area contributed by atoms with Gasteiger partial charge in [-0.1, -0.05) is 23.7 Å². The average Bonchev–Trinajstić information content (AvgIpc) is 2.73. The molecule has 0 fully saturated rings. The summed E-state index contributed by atoms with van der Waals surface area (Å²) >= 11 is 5.98. The minimum atomic E-state index is -2.93. The third-order valence-electron chi connectivity index (χ3n) is 4.11. The summed E-state index contributed by atoms with van der Waals surface area (Å²) in [4.78, 5) is 16.2. The highest BCUT2D eigenvalue weighted by molar-refractivity contribution is 14.0. The SMILES string of the molecule is CCNC(=NCc1cc(Cl)ccc1OC(F)F)NCCc1cccc(C(=O)NC)c1.I. The number of rotatable bonds is 9. The van der Waals surface area contributed by atoms with Crippen LogP contribution in [0.15, 0.2) is 47.5 Å². The lowest BCUT2D eigenvalue weighted by Gasteiger charge is -2.13. The Bertz CT molecular complexity index is 884. The summed E-state index contributed by atoms with van der Waals surface area (Å²) in [5.41, 5.74) is 2.06. The molecule has 0 saturated carbocycles. The van der Waals surface area contributed by atoms with Crippen molar-refractivity contribution >= 4 is 47.4 Å². The van der Waals surface area contributed by atoms with Gasteiger partial charge in [0.15, 0.2) is 5.96 Å². The number of hydrogen-bond donors (Lipinski definition) is 3. The Morgan fingerprint density at radius 1 is 1.19 bits per heavy atom. The largest absolute Gasteiger partial charge is 0.434 e. The molecule has 170 valence electrons. The van der Waals surface area contributed by atoms with Crippen molar-refractivity contribution < 1.29 is 18.3 Å². The zero-order valence-electron chi connectivity index (χ0n) is 17.3. The molecule has 0 spiro atoms. The molecule has 10 heteroatoms. The third-order valence-corrected chi connectivity index (χ3v) is 4.35. The number of halogens is 4. The van der Waals surface area contributed by atoms with Crippen LogP contribution in [0.1, 0.15) is 28.4 Å². The van der Waals surface area contributed by atoms with Crippen molar-refractivity contribution in [1.82, 2.24) is 16.0 Å². The van der Waals surface area contributed by atoms with Crippen LogP contribution in [-0.2, 0) is 13.0 Å². The molecule has 0 aliphatic rings. The molecule has 2 rings (SSSR count). The summed E-state index contributed by atoms with van der Waals surface area (Å²) in [7, 11) is 1.59. The molecular formula is C21H26ClF2IN4O2. The lowest BCUT2D eigenvalue weighted by Crippen LogP contribution is -2.38. The molecule has 0 bridgehead atoms. The molecule has 0 unspecified atom stereocenters. The molecule has 0 aliphatic carbocycles. The predicted octanol–water partition coefficient (Wildman–Crippen LogP) is 4.22. The first-order chi connectivity index (χ1) is 14.4. The lowest BCUT2D eigenvalue weighted by molar-refractivity contribution is -0.0504.